The van der Waals surface area contributed by atoms with E-state index in [4.69, 9.17) is 4.74 Å². The van der Waals surface area contributed by atoms with Crippen LogP contribution in [0.4, 0.5) is 5.95 Å². The van der Waals surface area contributed by atoms with E-state index in [-0.39, 0.29) is 0 Å². The van der Waals surface area contributed by atoms with Crippen LogP contribution in [-0.2, 0) is 11.8 Å². The van der Waals surface area contributed by atoms with E-state index < -0.39 is 0 Å². The third-order valence-electron chi connectivity index (χ3n) is 3.03. The van der Waals surface area contributed by atoms with Crippen LogP contribution in [0.3, 0.4) is 0 Å². The van der Waals surface area contributed by atoms with E-state index in [1.807, 2.05) is 24.7 Å². The number of hydrogen-bond donors (Lipinski definition) is 1. The zero-order chi connectivity index (χ0) is 12.1. The molecule has 0 unspecified atom stereocenters. The largest absolute Gasteiger partial charge is 0.379 e. The monoisotopic (exact) mass is 238 g/mol. The average Bonchev–Trinajstić information content (AvgIpc) is 2.65. The highest BCUT2D eigenvalue weighted by molar-refractivity contribution is 5.27. The highest BCUT2D eigenvalue weighted by Gasteiger charge is 2.09. The van der Waals surface area contributed by atoms with E-state index in [9.17, 15) is 0 Å². The molecular weight excluding hydrogens is 216 g/mol. The van der Waals surface area contributed by atoms with Gasteiger partial charge in [-0.05, 0) is 19.9 Å². The number of ether oxygens (including phenoxy) is 1. The normalized spacial score (nSPS) is 17.3. The molecule has 1 aromatic heterocycles. The van der Waals surface area contributed by atoms with E-state index in [0.29, 0.717) is 0 Å². The Morgan fingerprint density at radius 2 is 2.18 bits per heavy atom. The Labute approximate surface area is 103 Å². The molecule has 1 saturated heterocycles. The standard InChI is InChI=1S/C12H22N4O/c1-11-10-15(2)12(14-11)13-4-3-5-16-6-8-17-9-7-16/h10H,3-9H2,1-2H3,(H,13,14). The number of morpholine rings is 1. The minimum absolute atomic E-state index is 0.881. The molecule has 1 aromatic rings. The summed E-state index contributed by atoms with van der Waals surface area (Å²) in [7, 11) is 2.02. The number of nitrogens with one attached hydrogen (secondary N) is 1. The van der Waals surface area contributed by atoms with Crippen LogP contribution in [0.5, 0.6) is 0 Å². The lowest BCUT2D eigenvalue weighted by Crippen LogP contribution is -2.37. The van der Waals surface area contributed by atoms with Gasteiger partial charge in [-0.15, -0.1) is 0 Å². The molecule has 2 rings (SSSR count). The Bertz CT molecular complexity index is 344. The van der Waals surface area contributed by atoms with E-state index >= 15 is 0 Å². The van der Waals surface area contributed by atoms with Crippen LogP contribution in [0.2, 0.25) is 0 Å². The SMILES string of the molecule is Cc1cn(C)c(NCCCN2CCOCC2)n1. The summed E-state index contributed by atoms with van der Waals surface area (Å²) in [6.07, 6.45) is 3.18. The van der Waals surface area contributed by atoms with Crippen molar-refractivity contribution in [2.75, 3.05) is 44.7 Å². The van der Waals surface area contributed by atoms with Crippen molar-refractivity contribution >= 4 is 5.95 Å². The summed E-state index contributed by atoms with van der Waals surface area (Å²) in [6, 6.07) is 0. The molecule has 0 atom stereocenters. The number of aryl methyl sites for hydroxylation is 2. The zero-order valence-corrected chi connectivity index (χ0v) is 10.8. The maximum Gasteiger partial charge on any atom is 0.202 e. The molecule has 17 heavy (non-hydrogen) atoms. The Morgan fingerprint density at radius 3 is 2.82 bits per heavy atom. The molecule has 1 fully saturated rings. The second kappa shape index (κ2) is 6.02. The third kappa shape index (κ3) is 3.71. The van der Waals surface area contributed by atoms with Crippen LogP contribution < -0.4 is 5.32 Å². The molecule has 1 N–H and O–H groups in total. The van der Waals surface area contributed by atoms with Crippen LogP contribution in [0, 0.1) is 6.92 Å². The molecule has 0 saturated carbocycles. The van der Waals surface area contributed by atoms with Crippen LogP contribution >= 0.6 is 0 Å². The second-order valence-electron chi connectivity index (χ2n) is 4.55. The number of aromatic nitrogens is 2. The predicted molar refractivity (Wildman–Crippen MR) is 68.3 cm³/mol. The van der Waals surface area contributed by atoms with Crippen molar-refractivity contribution in [1.29, 1.82) is 0 Å². The topological polar surface area (TPSA) is 42.3 Å². The zero-order valence-electron chi connectivity index (χ0n) is 10.8. The highest BCUT2D eigenvalue weighted by atomic mass is 16.5. The maximum absolute atomic E-state index is 5.32. The van der Waals surface area contributed by atoms with Gasteiger partial charge in [-0.25, -0.2) is 4.98 Å². The molecule has 0 amide bonds. The average molecular weight is 238 g/mol. The lowest BCUT2D eigenvalue weighted by atomic mass is 10.3. The van der Waals surface area contributed by atoms with Gasteiger partial charge in [-0.3, -0.25) is 4.90 Å². The molecule has 0 aromatic carbocycles. The fraction of sp³-hybridized carbons (Fsp3) is 0.750. The quantitative estimate of drug-likeness (QED) is 0.773. The summed E-state index contributed by atoms with van der Waals surface area (Å²) in [5, 5.41) is 3.37. The molecule has 5 nitrogen and oxygen atoms in total. The van der Waals surface area contributed by atoms with Crippen LogP contribution in [0.15, 0.2) is 6.20 Å². The summed E-state index contributed by atoms with van der Waals surface area (Å²) >= 11 is 0. The number of anilines is 1. The van der Waals surface area contributed by atoms with Crippen molar-refractivity contribution in [1.82, 2.24) is 14.5 Å². The van der Waals surface area contributed by atoms with Gasteiger partial charge in [0.2, 0.25) is 5.95 Å². The Morgan fingerprint density at radius 1 is 1.41 bits per heavy atom. The molecular formula is C12H22N4O. The Balaban J connectivity index is 1.64. The minimum atomic E-state index is 0.881. The van der Waals surface area contributed by atoms with Gasteiger partial charge in [0.1, 0.15) is 0 Å². The summed E-state index contributed by atoms with van der Waals surface area (Å²) in [6.45, 7) is 8.03. The van der Waals surface area contributed by atoms with Gasteiger partial charge in [0.25, 0.3) is 0 Å². The van der Waals surface area contributed by atoms with Crippen LogP contribution in [-0.4, -0.2) is 53.8 Å². The molecule has 0 bridgehead atoms. The van der Waals surface area contributed by atoms with Crippen LogP contribution in [0.25, 0.3) is 0 Å². The van der Waals surface area contributed by atoms with E-state index in [0.717, 1.165) is 57.5 Å². The Kier molecular flexibility index (Phi) is 4.39. The number of hydrogen-bond acceptors (Lipinski definition) is 4. The van der Waals surface area contributed by atoms with Gasteiger partial charge in [0, 0.05) is 32.9 Å². The van der Waals surface area contributed by atoms with Crippen molar-refractivity contribution in [2.45, 2.75) is 13.3 Å². The molecule has 0 spiro atoms. The van der Waals surface area contributed by atoms with Gasteiger partial charge >= 0.3 is 0 Å². The van der Waals surface area contributed by atoms with Crippen molar-refractivity contribution in [3.05, 3.63) is 11.9 Å². The fourth-order valence-corrected chi connectivity index (χ4v) is 2.11. The first-order chi connectivity index (χ1) is 8.25. The first kappa shape index (κ1) is 12.4. The van der Waals surface area contributed by atoms with Gasteiger partial charge in [-0.2, -0.15) is 0 Å². The molecule has 1 aliphatic rings. The first-order valence-corrected chi connectivity index (χ1v) is 6.29. The Hall–Kier alpha value is -1.07. The lowest BCUT2D eigenvalue weighted by Gasteiger charge is -2.26. The molecule has 5 heteroatoms. The van der Waals surface area contributed by atoms with E-state index in [1.54, 1.807) is 0 Å². The molecule has 1 aliphatic heterocycles. The highest BCUT2D eigenvalue weighted by Crippen LogP contribution is 2.05. The van der Waals surface area contributed by atoms with Gasteiger partial charge in [-0.1, -0.05) is 0 Å². The van der Waals surface area contributed by atoms with Gasteiger partial charge < -0.3 is 14.6 Å². The number of rotatable bonds is 5. The summed E-state index contributed by atoms with van der Waals surface area (Å²) in [4.78, 5) is 6.87. The number of nitrogens with zero attached hydrogens (tertiary/aromatic N) is 3. The number of imidazole rings is 1. The van der Waals surface area contributed by atoms with Crippen molar-refractivity contribution in [2.24, 2.45) is 7.05 Å². The fourth-order valence-electron chi connectivity index (χ4n) is 2.11. The van der Waals surface area contributed by atoms with Crippen LogP contribution in [0.1, 0.15) is 12.1 Å². The summed E-state index contributed by atoms with van der Waals surface area (Å²) < 4.78 is 7.35. The smallest absolute Gasteiger partial charge is 0.202 e. The van der Waals surface area contributed by atoms with Gasteiger partial charge in [0.05, 0.1) is 18.9 Å². The van der Waals surface area contributed by atoms with Gasteiger partial charge in [0.15, 0.2) is 0 Å². The maximum atomic E-state index is 5.32. The molecule has 0 radical (unpaired) electrons. The minimum Gasteiger partial charge on any atom is -0.379 e. The van der Waals surface area contributed by atoms with Crippen molar-refractivity contribution in [3.8, 4) is 0 Å². The van der Waals surface area contributed by atoms with E-state index in [1.165, 1.54) is 0 Å². The summed E-state index contributed by atoms with van der Waals surface area (Å²) in [5.74, 6) is 0.962. The van der Waals surface area contributed by atoms with E-state index in [2.05, 4.69) is 15.2 Å². The molecule has 2 heterocycles. The van der Waals surface area contributed by atoms with Crippen molar-refractivity contribution < 1.29 is 4.74 Å². The van der Waals surface area contributed by atoms with Crippen molar-refractivity contribution in [3.63, 3.8) is 0 Å². The first-order valence-electron chi connectivity index (χ1n) is 6.29. The molecule has 0 aliphatic carbocycles. The third-order valence-corrected chi connectivity index (χ3v) is 3.03. The second-order valence-corrected chi connectivity index (χ2v) is 4.55. The lowest BCUT2D eigenvalue weighted by molar-refractivity contribution is 0.0378. The predicted octanol–water partition coefficient (Wildman–Crippen LogP) is 0.863. The molecule has 96 valence electrons. The summed E-state index contributed by atoms with van der Waals surface area (Å²) in [5.41, 5.74) is 1.06.